The van der Waals surface area contributed by atoms with Gasteiger partial charge in [0.1, 0.15) is 25.0 Å². The molecular formula is C29H33N4O4+. The predicted molar refractivity (Wildman–Crippen MR) is 139 cm³/mol. The average molecular weight is 502 g/mol. The number of carbonyl (C=O) groups is 2. The number of aryl methyl sites for hydroxylation is 1. The van der Waals surface area contributed by atoms with Crippen LogP contribution in [0, 0.1) is 12.8 Å². The molecule has 2 N–H and O–H groups in total. The summed E-state index contributed by atoms with van der Waals surface area (Å²) < 4.78 is 17.0. The highest BCUT2D eigenvalue weighted by Gasteiger charge is 2.34. The van der Waals surface area contributed by atoms with Crippen LogP contribution in [-0.4, -0.2) is 27.6 Å². The molecule has 0 aliphatic heterocycles. The van der Waals surface area contributed by atoms with E-state index in [0.717, 1.165) is 46.4 Å². The van der Waals surface area contributed by atoms with Crippen molar-refractivity contribution in [1.82, 2.24) is 9.13 Å². The van der Waals surface area contributed by atoms with Crippen molar-refractivity contribution in [1.29, 1.82) is 0 Å². The van der Waals surface area contributed by atoms with Crippen LogP contribution in [0.5, 0.6) is 0 Å². The summed E-state index contributed by atoms with van der Waals surface area (Å²) in [6.07, 6.45) is 4.77. The Morgan fingerprint density at radius 1 is 1.16 bits per heavy atom. The Balaban J connectivity index is 1.23. The highest BCUT2D eigenvalue weighted by molar-refractivity contribution is 6.11. The number of rotatable bonds is 8. The molecule has 0 amide bonds. The monoisotopic (exact) mass is 501 g/mol. The quantitative estimate of drug-likeness (QED) is 0.288. The van der Waals surface area contributed by atoms with E-state index in [1.165, 1.54) is 0 Å². The Hall–Kier alpha value is -3.91. The highest BCUT2D eigenvalue weighted by atomic mass is 16.7. The second-order valence-electron chi connectivity index (χ2n) is 9.58. The zero-order chi connectivity index (χ0) is 25.9. The van der Waals surface area contributed by atoms with E-state index < -0.39 is 12.3 Å². The summed E-state index contributed by atoms with van der Waals surface area (Å²) in [4.78, 5) is 26.0. The van der Waals surface area contributed by atoms with Gasteiger partial charge in [-0.2, -0.15) is 4.57 Å². The number of carbonyl (C=O) groups excluding carboxylic acids is 2. The number of aromatic nitrogens is 3. The molecule has 1 aliphatic carbocycles. The zero-order valence-electron chi connectivity index (χ0n) is 21.3. The molecule has 2 atom stereocenters. The Kier molecular flexibility index (Phi) is 7.10. The molecule has 1 aliphatic rings. The van der Waals surface area contributed by atoms with Crippen molar-refractivity contribution in [3.8, 4) is 0 Å². The van der Waals surface area contributed by atoms with E-state index in [2.05, 4.69) is 15.2 Å². The van der Waals surface area contributed by atoms with Gasteiger partial charge in [-0.05, 0) is 31.0 Å². The van der Waals surface area contributed by atoms with E-state index in [4.69, 9.17) is 15.2 Å². The molecule has 0 saturated heterocycles. The first kappa shape index (κ1) is 24.8. The van der Waals surface area contributed by atoms with Crippen molar-refractivity contribution in [2.45, 2.75) is 45.6 Å². The summed E-state index contributed by atoms with van der Waals surface area (Å²) in [5, 5.41) is 1.03. The molecule has 2 aromatic carbocycles. The van der Waals surface area contributed by atoms with Crippen LogP contribution in [0.4, 0.5) is 4.79 Å². The molecule has 37 heavy (non-hydrogen) atoms. The number of hydrogen-bond acceptors (Lipinski definition) is 5. The number of para-hydroxylation sites is 1. The lowest BCUT2D eigenvalue weighted by Gasteiger charge is -2.21. The highest BCUT2D eigenvalue weighted by Crippen LogP contribution is 2.34. The maximum absolute atomic E-state index is 13.5. The van der Waals surface area contributed by atoms with Gasteiger partial charge < -0.3 is 19.8 Å². The standard InChI is InChI=1S/C29H33N4O4/c1-20-32(18-22-12-13-25-27(28(22)34)23-10-6-7-11-24(23)31(25)2)16-17-33(20)19-36-29(35)37-26(14-15-30)21-8-4-3-5-9-21/h3-11,16-17,22,26H,12-15,18-19,30H2,1-2H3/q+1. The van der Waals surface area contributed by atoms with E-state index >= 15 is 0 Å². The van der Waals surface area contributed by atoms with Crippen molar-refractivity contribution >= 4 is 22.8 Å². The fourth-order valence-electron chi connectivity index (χ4n) is 5.33. The van der Waals surface area contributed by atoms with Crippen LogP contribution in [0.1, 0.15) is 46.4 Å². The first-order valence-corrected chi connectivity index (χ1v) is 12.7. The molecule has 0 saturated carbocycles. The van der Waals surface area contributed by atoms with Crippen molar-refractivity contribution in [3.05, 3.63) is 89.6 Å². The van der Waals surface area contributed by atoms with Crippen molar-refractivity contribution in [2.24, 2.45) is 18.7 Å². The minimum atomic E-state index is -0.743. The third kappa shape index (κ3) is 4.89. The van der Waals surface area contributed by atoms with Crippen LogP contribution in [-0.2, 0) is 36.2 Å². The number of benzene rings is 2. The lowest BCUT2D eigenvalue weighted by molar-refractivity contribution is -0.732. The summed E-state index contributed by atoms with van der Waals surface area (Å²) in [6, 6.07) is 17.6. The van der Waals surface area contributed by atoms with E-state index in [1.807, 2.05) is 79.5 Å². The normalized spacial score (nSPS) is 16.0. The minimum absolute atomic E-state index is 0.0217. The van der Waals surface area contributed by atoms with Crippen LogP contribution in [0.15, 0.2) is 67.0 Å². The Morgan fingerprint density at radius 3 is 2.70 bits per heavy atom. The second-order valence-corrected chi connectivity index (χ2v) is 9.58. The molecule has 8 nitrogen and oxygen atoms in total. The van der Waals surface area contributed by atoms with Gasteiger partial charge in [-0.3, -0.25) is 4.79 Å². The molecule has 2 unspecified atom stereocenters. The largest absolute Gasteiger partial charge is 0.512 e. The second kappa shape index (κ2) is 10.6. The summed E-state index contributed by atoms with van der Waals surface area (Å²) in [5.74, 6) is 0.988. The Labute approximate surface area is 216 Å². The van der Waals surface area contributed by atoms with Gasteiger partial charge in [0.25, 0.3) is 5.82 Å². The van der Waals surface area contributed by atoms with E-state index in [9.17, 15) is 9.59 Å². The lowest BCUT2D eigenvalue weighted by Crippen LogP contribution is -2.38. The minimum Gasteiger partial charge on any atom is -0.426 e. The smallest absolute Gasteiger partial charge is 0.426 e. The van der Waals surface area contributed by atoms with E-state index in [1.54, 1.807) is 0 Å². The molecule has 2 aromatic heterocycles. The summed E-state index contributed by atoms with van der Waals surface area (Å²) in [5.41, 5.74) is 9.67. The average Bonchev–Trinajstić information content (AvgIpc) is 3.41. The zero-order valence-corrected chi connectivity index (χ0v) is 21.3. The predicted octanol–water partition coefficient (Wildman–Crippen LogP) is 4.22. The van der Waals surface area contributed by atoms with Gasteiger partial charge in [-0.25, -0.2) is 9.36 Å². The van der Waals surface area contributed by atoms with Crippen LogP contribution in [0.3, 0.4) is 0 Å². The van der Waals surface area contributed by atoms with Crippen molar-refractivity contribution < 1.29 is 23.6 Å². The Bertz CT molecular complexity index is 1420. The summed E-state index contributed by atoms with van der Waals surface area (Å²) in [6.45, 7) is 2.95. The van der Waals surface area contributed by atoms with E-state index in [-0.39, 0.29) is 18.4 Å². The molecule has 8 heteroatoms. The number of Topliss-reactive ketones (excluding diaryl/α,β-unsaturated/α-hetero) is 1. The molecule has 192 valence electrons. The molecule has 0 radical (unpaired) electrons. The molecular weight excluding hydrogens is 468 g/mol. The summed E-state index contributed by atoms with van der Waals surface area (Å²) >= 11 is 0. The molecule has 2 heterocycles. The number of nitrogens with zero attached hydrogens (tertiary/aromatic N) is 3. The summed E-state index contributed by atoms with van der Waals surface area (Å²) in [7, 11) is 2.04. The van der Waals surface area contributed by atoms with Gasteiger partial charge in [0, 0.05) is 42.6 Å². The lowest BCUT2D eigenvalue weighted by atomic mass is 9.85. The molecule has 0 fully saturated rings. The number of nitrogens with two attached hydrogens (primary N) is 1. The van der Waals surface area contributed by atoms with Crippen LogP contribution in [0.25, 0.3) is 10.9 Å². The van der Waals surface area contributed by atoms with Crippen LogP contribution >= 0.6 is 0 Å². The Morgan fingerprint density at radius 2 is 1.92 bits per heavy atom. The first-order chi connectivity index (χ1) is 18.0. The van der Waals surface area contributed by atoms with E-state index in [0.29, 0.717) is 19.5 Å². The van der Waals surface area contributed by atoms with Gasteiger partial charge in [0.05, 0.1) is 5.92 Å². The van der Waals surface area contributed by atoms with Gasteiger partial charge in [-0.15, -0.1) is 0 Å². The van der Waals surface area contributed by atoms with Gasteiger partial charge in [0.2, 0.25) is 6.73 Å². The number of fused-ring (bicyclic) bond motifs is 3. The fourth-order valence-corrected chi connectivity index (χ4v) is 5.33. The van der Waals surface area contributed by atoms with Crippen molar-refractivity contribution in [3.63, 3.8) is 0 Å². The number of ether oxygens (including phenoxy) is 2. The molecule has 0 spiro atoms. The fraction of sp³-hybridized carbons (Fsp3) is 0.345. The number of hydrogen-bond donors (Lipinski definition) is 1. The third-order valence-corrected chi connectivity index (χ3v) is 7.41. The molecule has 4 aromatic rings. The number of imidazole rings is 1. The number of ketones is 1. The van der Waals surface area contributed by atoms with Crippen LogP contribution in [0.2, 0.25) is 0 Å². The molecule has 5 rings (SSSR count). The molecule has 0 bridgehead atoms. The van der Waals surface area contributed by atoms with Gasteiger partial charge in [0.15, 0.2) is 5.78 Å². The topological polar surface area (TPSA) is 92.4 Å². The maximum Gasteiger partial charge on any atom is 0.512 e. The first-order valence-electron chi connectivity index (χ1n) is 12.7. The SMILES string of the molecule is Cc1n(CC2CCc3c(c4ccccc4n3C)C2=O)cc[n+]1COC(=O)OC(CCN)c1ccccc1. The van der Waals surface area contributed by atoms with Gasteiger partial charge >= 0.3 is 6.16 Å². The maximum atomic E-state index is 13.5. The van der Waals surface area contributed by atoms with Crippen LogP contribution < -0.4 is 10.3 Å². The van der Waals surface area contributed by atoms with Gasteiger partial charge in [-0.1, -0.05) is 48.5 Å². The van der Waals surface area contributed by atoms with Crippen molar-refractivity contribution in [2.75, 3.05) is 6.54 Å². The third-order valence-electron chi connectivity index (χ3n) is 7.41.